The third kappa shape index (κ3) is 1.53. The van der Waals surface area contributed by atoms with Crippen molar-refractivity contribution in [3.63, 3.8) is 0 Å². The summed E-state index contributed by atoms with van der Waals surface area (Å²) in [5.41, 5.74) is 0.0596. The quantitative estimate of drug-likeness (QED) is 0.691. The molecule has 0 aliphatic carbocycles. The van der Waals surface area contributed by atoms with E-state index < -0.39 is 5.82 Å². The highest BCUT2D eigenvalue weighted by Crippen LogP contribution is 2.23. The molecule has 0 bridgehead atoms. The number of methoxy groups -OCH3 is 1. The van der Waals surface area contributed by atoms with Gasteiger partial charge < -0.3 is 10.1 Å². The molecule has 1 radical (unpaired) electrons. The van der Waals surface area contributed by atoms with E-state index in [0.29, 0.717) is 0 Å². The SMILES string of the molecule is COc1cccc(N[C]=O)c1F. The van der Waals surface area contributed by atoms with Crippen molar-refractivity contribution in [2.45, 2.75) is 0 Å². The highest BCUT2D eigenvalue weighted by atomic mass is 19.1. The Labute approximate surface area is 69.2 Å². The zero-order valence-electron chi connectivity index (χ0n) is 6.43. The number of rotatable bonds is 3. The Kier molecular flexibility index (Phi) is 2.63. The topological polar surface area (TPSA) is 38.3 Å². The van der Waals surface area contributed by atoms with Gasteiger partial charge in [0.25, 0.3) is 0 Å². The van der Waals surface area contributed by atoms with E-state index in [1.54, 1.807) is 6.07 Å². The van der Waals surface area contributed by atoms with Crippen molar-refractivity contribution in [3.05, 3.63) is 24.0 Å². The summed E-state index contributed by atoms with van der Waals surface area (Å²) in [6.45, 7) is 0. The number of benzene rings is 1. The van der Waals surface area contributed by atoms with Crippen LogP contribution in [0.5, 0.6) is 5.75 Å². The Hall–Kier alpha value is -1.58. The van der Waals surface area contributed by atoms with Crippen LogP contribution >= 0.6 is 0 Å². The van der Waals surface area contributed by atoms with E-state index in [2.05, 4.69) is 10.1 Å². The maximum Gasteiger partial charge on any atom is 0.314 e. The molecule has 0 aliphatic heterocycles. The molecule has 0 atom stereocenters. The van der Waals surface area contributed by atoms with E-state index in [1.807, 2.05) is 0 Å². The number of amides is 1. The number of ether oxygens (including phenoxy) is 1. The van der Waals surface area contributed by atoms with E-state index in [9.17, 15) is 9.18 Å². The van der Waals surface area contributed by atoms with E-state index in [4.69, 9.17) is 0 Å². The summed E-state index contributed by atoms with van der Waals surface area (Å²) in [5, 5.41) is 2.09. The van der Waals surface area contributed by atoms with Crippen LogP contribution in [0.25, 0.3) is 0 Å². The molecule has 3 nitrogen and oxygen atoms in total. The molecule has 1 N–H and O–H groups in total. The Bertz CT molecular complexity index is 288. The molecule has 4 heteroatoms. The zero-order valence-corrected chi connectivity index (χ0v) is 6.43. The molecule has 0 aliphatic rings. The van der Waals surface area contributed by atoms with Gasteiger partial charge in [0.2, 0.25) is 0 Å². The first-order chi connectivity index (χ1) is 5.79. The zero-order chi connectivity index (χ0) is 8.97. The van der Waals surface area contributed by atoms with Gasteiger partial charge in [-0.15, -0.1) is 0 Å². The van der Waals surface area contributed by atoms with E-state index in [1.165, 1.54) is 25.7 Å². The van der Waals surface area contributed by atoms with Gasteiger partial charge in [0.05, 0.1) is 12.8 Å². The van der Waals surface area contributed by atoms with Crippen molar-refractivity contribution in [2.75, 3.05) is 12.4 Å². The lowest BCUT2D eigenvalue weighted by Gasteiger charge is -2.04. The van der Waals surface area contributed by atoms with Gasteiger partial charge in [-0.2, -0.15) is 0 Å². The Morgan fingerprint density at radius 3 is 2.92 bits per heavy atom. The minimum absolute atomic E-state index is 0.0596. The van der Waals surface area contributed by atoms with E-state index >= 15 is 0 Å². The lowest BCUT2D eigenvalue weighted by molar-refractivity contribution is 0.387. The fraction of sp³-hybridized carbons (Fsp3) is 0.125. The molecule has 63 valence electrons. The summed E-state index contributed by atoms with van der Waals surface area (Å²) < 4.78 is 17.8. The molecule has 1 amide bonds. The van der Waals surface area contributed by atoms with Crippen LogP contribution in [0.3, 0.4) is 0 Å². The molecule has 0 unspecified atom stereocenters. The first-order valence-corrected chi connectivity index (χ1v) is 3.25. The predicted octanol–water partition coefficient (Wildman–Crippen LogP) is 1.31. The number of anilines is 1. The number of hydrogen-bond donors (Lipinski definition) is 1. The minimum atomic E-state index is -0.594. The molecule has 1 aromatic rings. The van der Waals surface area contributed by atoms with Gasteiger partial charge in [0.15, 0.2) is 11.6 Å². The molecule has 0 saturated carbocycles. The van der Waals surface area contributed by atoms with Gasteiger partial charge in [0, 0.05) is 0 Å². The Balaban J connectivity index is 3.04. The molecule has 0 heterocycles. The summed E-state index contributed by atoms with van der Waals surface area (Å²) in [6.07, 6.45) is 1.38. The van der Waals surface area contributed by atoms with Crippen molar-refractivity contribution < 1.29 is 13.9 Å². The van der Waals surface area contributed by atoms with Crippen LogP contribution in [0.1, 0.15) is 0 Å². The Morgan fingerprint density at radius 1 is 1.58 bits per heavy atom. The number of hydrogen-bond acceptors (Lipinski definition) is 2. The monoisotopic (exact) mass is 168 g/mol. The van der Waals surface area contributed by atoms with Crippen molar-refractivity contribution in [1.82, 2.24) is 0 Å². The van der Waals surface area contributed by atoms with E-state index in [-0.39, 0.29) is 11.4 Å². The van der Waals surface area contributed by atoms with Crippen LogP contribution in [-0.4, -0.2) is 13.5 Å². The third-order valence-corrected chi connectivity index (χ3v) is 1.37. The van der Waals surface area contributed by atoms with Crippen LogP contribution in [0, 0.1) is 5.82 Å². The maximum atomic E-state index is 13.1. The lowest BCUT2D eigenvalue weighted by Crippen LogP contribution is -1.98. The average Bonchev–Trinajstić information content (AvgIpc) is 2.09. The average molecular weight is 168 g/mol. The van der Waals surface area contributed by atoms with Gasteiger partial charge >= 0.3 is 6.41 Å². The summed E-state index contributed by atoms with van der Waals surface area (Å²) in [5.74, 6) is -0.501. The first kappa shape index (κ1) is 8.52. The van der Waals surface area contributed by atoms with Crippen molar-refractivity contribution in [2.24, 2.45) is 0 Å². The molecule has 0 fully saturated rings. The van der Waals surface area contributed by atoms with E-state index in [0.717, 1.165) is 0 Å². The largest absolute Gasteiger partial charge is 0.494 e. The van der Waals surface area contributed by atoms with Crippen molar-refractivity contribution in [1.29, 1.82) is 0 Å². The molecule has 0 saturated heterocycles. The molecule has 0 spiro atoms. The highest BCUT2D eigenvalue weighted by Gasteiger charge is 2.06. The molecular weight excluding hydrogens is 161 g/mol. The summed E-state index contributed by atoms with van der Waals surface area (Å²) >= 11 is 0. The van der Waals surface area contributed by atoms with Crippen LogP contribution in [0.15, 0.2) is 18.2 Å². The second-order valence-electron chi connectivity index (χ2n) is 2.05. The highest BCUT2D eigenvalue weighted by molar-refractivity contribution is 5.72. The van der Waals surface area contributed by atoms with Gasteiger partial charge in [0.1, 0.15) is 0 Å². The van der Waals surface area contributed by atoms with Crippen molar-refractivity contribution in [3.8, 4) is 5.75 Å². The molecule has 0 aromatic heterocycles. The lowest BCUT2D eigenvalue weighted by atomic mass is 10.3. The Morgan fingerprint density at radius 2 is 2.33 bits per heavy atom. The van der Waals surface area contributed by atoms with Gasteiger partial charge in [-0.3, -0.25) is 4.79 Å². The van der Waals surface area contributed by atoms with Gasteiger partial charge in [-0.05, 0) is 12.1 Å². The molecular formula is C8H7FNO2. The first-order valence-electron chi connectivity index (χ1n) is 3.25. The minimum Gasteiger partial charge on any atom is -0.494 e. The molecule has 1 aromatic carbocycles. The normalized spacial score (nSPS) is 9.17. The third-order valence-electron chi connectivity index (χ3n) is 1.37. The van der Waals surface area contributed by atoms with Crippen LogP contribution in [0.4, 0.5) is 10.1 Å². The van der Waals surface area contributed by atoms with Crippen LogP contribution in [-0.2, 0) is 4.79 Å². The second kappa shape index (κ2) is 3.71. The van der Waals surface area contributed by atoms with Gasteiger partial charge in [-0.25, -0.2) is 4.39 Å². The summed E-state index contributed by atoms with van der Waals surface area (Å²) in [6, 6.07) is 4.45. The molecule has 1 rings (SSSR count). The smallest absolute Gasteiger partial charge is 0.314 e. The predicted molar refractivity (Wildman–Crippen MR) is 42.3 cm³/mol. The summed E-state index contributed by atoms with van der Waals surface area (Å²) in [4.78, 5) is 9.88. The number of nitrogens with one attached hydrogen (secondary N) is 1. The van der Waals surface area contributed by atoms with Crippen LogP contribution in [0.2, 0.25) is 0 Å². The maximum absolute atomic E-state index is 13.1. The number of carbonyl (C=O) groups excluding carboxylic acids is 1. The molecule has 12 heavy (non-hydrogen) atoms. The number of halogens is 1. The second-order valence-corrected chi connectivity index (χ2v) is 2.05. The standard InChI is InChI=1S/C8H7FNO2/c1-12-7-4-2-3-6(8(7)9)10-5-11/h2-4H,1H3,(H,10,11). The van der Waals surface area contributed by atoms with Gasteiger partial charge in [-0.1, -0.05) is 6.07 Å². The van der Waals surface area contributed by atoms with Crippen molar-refractivity contribution >= 4 is 12.1 Å². The summed E-state index contributed by atoms with van der Waals surface area (Å²) in [7, 11) is 1.35. The van der Waals surface area contributed by atoms with Crippen LogP contribution < -0.4 is 10.1 Å². The fourth-order valence-electron chi connectivity index (χ4n) is 0.820. The fourth-order valence-corrected chi connectivity index (χ4v) is 0.820.